The highest BCUT2D eigenvalue weighted by molar-refractivity contribution is 6.95. The Morgan fingerprint density at radius 3 is 2.10 bits per heavy atom. The van der Waals surface area contributed by atoms with E-state index in [-0.39, 0.29) is 18.0 Å². The van der Waals surface area contributed by atoms with Crippen molar-refractivity contribution in [3.63, 3.8) is 0 Å². The average Bonchev–Trinajstić information content (AvgIpc) is 2.60. The van der Waals surface area contributed by atoms with Crippen molar-refractivity contribution in [1.29, 1.82) is 0 Å². The van der Waals surface area contributed by atoms with Crippen LogP contribution in [-0.4, -0.2) is 32.7 Å². The van der Waals surface area contributed by atoms with Gasteiger partial charge in [-0.05, 0) is 17.7 Å². The molecule has 1 N–H and O–H groups in total. The van der Waals surface area contributed by atoms with E-state index in [1.165, 1.54) is 17.7 Å². The summed E-state index contributed by atoms with van der Waals surface area (Å²) in [6, 6.07) is 13.4. The molecule has 2 aliphatic rings. The lowest BCUT2D eigenvalue weighted by molar-refractivity contribution is -0.133. The summed E-state index contributed by atoms with van der Waals surface area (Å²) < 4.78 is 2.72. The summed E-state index contributed by atoms with van der Waals surface area (Å²) in [7, 11) is -2.84. The first-order valence-electron chi connectivity index (χ1n) is 7.48. The van der Waals surface area contributed by atoms with Crippen molar-refractivity contribution in [3.05, 3.63) is 35.9 Å². The maximum atomic E-state index is 12.3. The Balaban J connectivity index is 1.94. The van der Waals surface area contributed by atoms with E-state index in [9.17, 15) is 4.79 Å². The number of hydrogen-bond donors (Lipinski definition) is 1. The van der Waals surface area contributed by atoms with Crippen LogP contribution in [-0.2, 0) is 4.79 Å². The number of amides is 1. The smallest absolute Gasteiger partial charge is 0.239 e. The van der Waals surface area contributed by atoms with E-state index < -0.39 is 16.5 Å². The van der Waals surface area contributed by atoms with Crippen LogP contribution in [0.4, 0.5) is 0 Å². The standard InChI is InChI=1S/C15H24N2OSi2/c1-19(2)10-11-20(3,4)17(19)14-13(16-15(14)18)12-8-6-5-7-9-12/h5-9,13-14H,10-11H2,1-4H3,(H,16,18)/t13-,14+/m0/s1. The lowest BCUT2D eigenvalue weighted by Gasteiger charge is -2.52. The average molecular weight is 305 g/mol. The molecular formula is C15H24N2OSi2. The third-order valence-corrected chi connectivity index (χ3v) is 15.2. The highest BCUT2D eigenvalue weighted by Gasteiger charge is 2.57. The molecule has 0 saturated carbocycles. The van der Waals surface area contributed by atoms with Crippen molar-refractivity contribution < 1.29 is 4.79 Å². The fraction of sp³-hybridized carbons (Fsp3) is 0.533. The van der Waals surface area contributed by atoms with Crippen molar-refractivity contribution in [2.24, 2.45) is 0 Å². The minimum absolute atomic E-state index is 0.0863. The maximum Gasteiger partial charge on any atom is 0.239 e. The number of carbonyl (C=O) groups excluding carboxylic acids is 1. The molecule has 0 radical (unpaired) electrons. The molecule has 1 aromatic carbocycles. The number of nitrogens with zero attached hydrogens (tertiary/aromatic N) is 1. The minimum atomic E-state index is -1.42. The lowest BCUT2D eigenvalue weighted by atomic mass is 9.92. The number of β-lactam (4-membered cyclic amide) rings is 1. The summed E-state index contributed by atoms with van der Waals surface area (Å²) in [6.45, 7) is 9.73. The van der Waals surface area contributed by atoms with Gasteiger partial charge >= 0.3 is 0 Å². The molecule has 2 heterocycles. The molecule has 2 saturated heterocycles. The van der Waals surface area contributed by atoms with Crippen molar-refractivity contribution >= 4 is 22.4 Å². The number of nitrogens with one attached hydrogen (secondary N) is 1. The Kier molecular flexibility index (Phi) is 3.19. The second-order valence-corrected chi connectivity index (χ2v) is 17.0. The molecular weight excluding hydrogens is 280 g/mol. The quantitative estimate of drug-likeness (QED) is 0.673. The van der Waals surface area contributed by atoms with Crippen molar-refractivity contribution in [2.45, 2.75) is 50.4 Å². The van der Waals surface area contributed by atoms with Gasteiger partial charge < -0.3 is 9.55 Å². The summed E-state index contributed by atoms with van der Waals surface area (Å²) in [6.07, 6.45) is 0. The molecule has 1 aromatic rings. The Morgan fingerprint density at radius 1 is 1.05 bits per heavy atom. The topological polar surface area (TPSA) is 32.3 Å². The summed E-state index contributed by atoms with van der Waals surface area (Å²) in [5, 5.41) is 3.13. The highest BCUT2D eigenvalue weighted by Crippen LogP contribution is 2.43. The van der Waals surface area contributed by atoms with E-state index in [1.807, 2.05) is 6.07 Å². The van der Waals surface area contributed by atoms with Gasteiger partial charge in [-0.15, -0.1) is 0 Å². The highest BCUT2D eigenvalue weighted by atomic mass is 28.4. The molecule has 3 nitrogen and oxygen atoms in total. The lowest BCUT2D eigenvalue weighted by Crippen LogP contribution is -2.72. The summed E-state index contributed by atoms with van der Waals surface area (Å²) in [5.74, 6) is 0.238. The van der Waals surface area contributed by atoms with Gasteiger partial charge in [-0.25, -0.2) is 0 Å². The third kappa shape index (κ3) is 2.08. The Labute approximate surface area is 123 Å². The normalized spacial score (nSPS) is 31.7. The van der Waals surface area contributed by atoms with Crippen LogP contribution in [0.25, 0.3) is 0 Å². The fourth-order valence-electron chi connectivity index (χ4n) is 3.99. The Morgan fingerprint density at radius 2 is 1.60 bits per heavy atom. The van der Waals surface area contributed by atoms with Crippen LogP contribution in [0.15, 0.2) is 30.3 Å². The molecule has 3 rings (SSSR count). The van der Waals surface area contributed by atoms with Crippen LogP contribution >= 0.6 is 0 Å². The van der Waals surface area contributed by atoms with E-state index in [0.29, 0.717) is 0 Å². The summed E-state index contributed by atoms with van der Waals surface area (Å²) in [5.41, 5.74) is 1.25. The molecule has 0 bridgehead atoms. The van der Waals surface area contributed by atoms with Crippen LogP contribution in [0.2, 0.25) is 38.3 Å². The zero-order chi connectivity index (χ0) is 14.5. The van der Waals surface area contributed by atoms with E-state index >= 15 is 0 Å². The van der Waals surface area contributed by atoms with Gasteiger partial charge in [0.2, 0.25) is 5.91 Å². The zero-order valence-electron chi connectivity index (χ0n) is 12.8. The van der Waals surface area contributed by atoms with Gasteiger partial charge in [0.15, 0.2) is 0 Å². The molecule has 108 valence electrons. The van der Waals surface area contributed by atoms with E-state index in [0.717, 1.165) is 0 Å². The molecule has 0 unspecified atom stereocenters. The number of carbonyl (C=O) groups is 1. The predicted molar refractivity (Wildman–Crippen MR) is 87.5 cm³/mol. The van der Waals surface area contributed by atoms with Crippen LogP contribution in [0, 0.1) is 0 Å². The van der Waals surface area contributed by atoms with Gasteiger partial charge in [0.05, 0.1) is 6.04 Å². The molecule has 2 atom stereocenters. The van der Waals surface area contributed by atoms with Crippen LogP contribution in [0.1, 0.15) is 11.6 Å². The van der Waals surface area contributed by atoms with Crippen LogP contribution in [0.5, 0.6) is 0 Å². The van der Waals surface area contributed by atoms with Gasteiger partial charge in [-0.3, -0.25) is 4.79 Å². The van der Waals surface area contributed by atoms with Crippen LogP contribution < -0.4 is 5.32 Å². The molecule has 0 aliphatic carbocycles. The largest absolute Gasteiger partial charge is 0.346 e. The molecule has 0 aromatic heterocycles. The van der Waals surface area contributed by atoms with Gasteiger partial charge in [0.25, 0.3) is 0 Å². The summed E-state index contributed by atoms with van der Waals surface area (Å²) in [4.78, 5) is 12.3. The van der Waals surface area contributed by atoms with Gasteiger partial charge in [-0.2, -0.15) is 0 Å². The number of hydrogen-bond acceptors (Lipinski definition) is 2. The molecule has 1 amide bonds. The second kappa shape index (κ2) is 4.54. The first-order chi connectivity index (χ1) is 9.33. The van der Waals surface area contributed by atoms with Crippen molar-refractivity contribution in [2.75, 3.05) is 0 Å². The van der Waals surface area contributed by atoms with E-state index in [4.69, 9.17) is 0 Å². The van der Waals surface area contributed by atoms with Crippen molar-refractivity contribution in [1.82, 2.24) is 9.55 Å². The molecule has 2 fully saturated rings. The second-order valence-electron chi connectivity index (χ2n) is 7.34. The molecule has 2 aliphatic heterocycles. The Bertz CT molecular complexity index is 514. The molecule has 0 spiro atoms. The number of benzene rings is 1. The predicted octanol–water partition coefficient (Wildman–Crippen LogP) is 2.95. The van der Waals surface area contributed by atoms with E-state index in [2.05, 4.69) is 60.0 Å². The molecule has 20 heavy (non-hydrogen) atoms. The maximum absolute atomic E-state index is 12.3. The SMILES string of the molecule is C[Si]1(C)CC[Si](C)(C)N1[C@H]1C(=O)N[C@H]1c1ccccc1. The zero-order valence-corrected chi connectivity index (χ0v) is 14.8. The summed E-state index contributed by atoms with van der Waals surface area (Å²) >= 11 is 0. The van der Waals surface area contributed by atoms with Gasteiger partial charge in [-0.1, -0.05) is 56.5 Å². The number of rotatable bonds is 2. The van der Waals surface area contributed by atoms with Crippen molar-refractivity contribution in [3.8, 4) is 0 Å². The van der Waals surface area contributed by atoms with Gasteiger partial charge in [0, 0.05) is 0 Å². The fourth-order valence-corrected chi connectivity index (χ4v) is 18.6. The first kappa shape index (κ1) is 14.0. The Hall–Kier alpha value is -0.916. The van der Waals surface area contributed by atoms with Crippen LogP contribution in [0.3, 0.4) is 0 Å². The first-order valence-corrected chi connectivity index (χ1v) is 13.8. The van der Waals surface area contributed by atoms with Gasteiger partial charge in [0.1, 0.15) is 22.5 Å². The third-order valence-electron chi connectivity index (χ3n) is 4.97. The monoisotopic (exact) mass is 304 g/mol. The molecule has 5 heteroatoms. The minimum Gasteiger partial charge on any atom is -0.346 e. The van der Waals surface area contributed by atoms with E-state index in [1.54, 1.807) is 0 Å².